The van der Waals surface area contributed by atoms with Gasteiger partial charge in [0.1, 0.15) is 36.4 Å². The third-order valence-corrected chi connectivity index (χ3v) is 7.95. The number of aliphatic hydroxyl groups is 1. The minimum Gasteiger partial charge on any atom is -0.381 e. The minimum absolute atomic E-state index is 0.0797. The predicted octanol–water partition coefficient (Wildman–Crippen LogP) is 4.48. The van der Waals surface area contributed by atoms with E-state index >= 15 is 0 Å². The molecule has 2 fully saturated rings. The summed E-state index contributed by atoms with van der Waals surface area (Å²) in [5.41, 5.74) is -1.80. The summed E-state index contributed by atoms with van der Waals surface area (Å²) in [6, 6.07) is 7.16. The lowest BCUT2D eigenvalue weighted by molar-refractivity contribution is -0.140. The van der Waals surface area contributed by atoms with Crippen LogP contribution in [0.3, 0.4) is 0 Å². The molecule has 1 saturated heterocycles. The molecule has 0 spiro atoms. The van der Waals surface area contributed by atoms with Gasteiger partial charge in [0.15, 0.2) is 0 Å². The summed E-state index contributed by atoms with van der Waals surface area (Å²) in [6.07, 6.45) is 5.23. The fraction of sp³-hybridized carbons (Fsp3) is 0.269. The second-order valence-corrected chi connectivity index (χ2v) is 11.3. The average Bonchev–Trinajstić information content (AvgIpc) is 3.55. The van der Waals surface area contributed by atoms with Crippen LogP contribution in [0, 0.1) is 11.6 Å². The van der Waals surface area contributed by atoms with E-state index in [1.54, 1.807) is 12.1 Å². The van der Waals surface area contributed by atoms with Gasteiger partial charge in [-0.1, -0.05) is 35.3 Å². The molecule has 1 unspecified atom stereocenters. The fourth-order valence-electron chi connectivity index (χ4n) is 4.38. The van der Waals surface area contributed by atoms with E-state index in [1.807, 2.05) is 0 Å². The Kier molecular flexibility index (Phi) is 7.96. The Morgan fingerprint density at radius 3 is 2.62 bits per heavy atom. The molecule has 40 heavy (non-hydrogen) atoms. The van der Waals surface area contributed by atoms with Crippen LogP contribution >= 0.6 is 35.0 Å². The van der Waals surface area contributed by atoms with Crippen molar-refractivity contribution in [3.8, 4) is 0 Å². The molecule has 9 nitrogen and oxygen atoms in total. The van der Waals surface area contributed by atoms with Crippen LogP contribution in [0.15, 0.2) is 54.0 Å². The van der Waals surface area contributed by atoms with E-state index in [9.17, 15) is 28.3 Å². The van der Waals surface area contributed by atoms with Crippen LogP contribution in [-0.4, -0.2) is 65.9 Å². The van der Waals surface area contributed by atoms with Crippen molar-refractivity contribution >= 4 is 58.1 Å². The molecule has 3 aromatic rings. The van der Waals surface area contributed by atoms with Crippen molar-refractivity contribution < 1.29 is 28.3 Å². The van der Waals surface area contributed by atoms with Crippen LogP contribution in [0.2, 0.25) is 10.0 Å². The quantitative estimate of drug-likeness (QED) is 0.357. The van der Waals surface area contributed by atoms with Gasteiger partial charge in [0.2, 0.25) is 5.91 Å². The molecule has 14 heteroatoms. The van der Waals surface area contributed by atoms with Crippen LogP contribution in [0.25, 0.3) is 6.08 Å². The number of hydrogen-bond donors (Lipinski definition) is 1. The van der Waals surface area contributed by atoms with E-state index in [4.69, 9.17) is 23.2 Å². The van der Waals surface area contributed by atoms with Gasteiger partial charge in [-0.05, 0) is 54.4 Å². The lowest BCUT2D eigenvalue weighted by Crippen LogP contribution is -2.50. The maximum atomic E-state index is 14.9. The van der Waals surface area contributed by atoms with Crippen LogP contribution < -0.4 is 0 Å². The molecule has 2 aliphatic rings. The Labute approximate surface area is 241 Å². The van der Waals surface area contributed by atoms with Gasteiger partial charge in [0, 0.05) is 27.7 Å². The van der Waals surface area contributed by atoms with Gasteiger partial charge in [-0.3, -0.25) is 19.3 Å². The van der Waals surface area contributed by atoms with Crippen LogP contribution in [0.4, 0.5) is 13.6 Å². The van der Waals surface area contributed by atoms with E-state index < -0.39 is 47.4 Å². The number of benzene rings is 2. The number of nitrogens with zero attached hydrogens (tertiary/aromatic N) is 5. The zero-order valence-corrected chi connectivity index (χ0v) is 23.0. The molecular formula is C26H21Cl2F2N5O4S. The van der Waals surface area contributed by atoms with Crippen molar-refractivity contribution in [1.82, 2.24) is 24.6 Å². The third-order valence-electron chi connectivity index (χ3n) is 6.48. The Balaban J connectivity index is 1.38. The molecule has 0 bridgehead atoms. The summed E-state index contributed by atoms with van der Waals surface area (Å²) in [7, 11) is 0. The maximum absolute atomic E-state index is 14.9. The summed E-state index contributed by atoms with van der Waals surface area (Å²) in [6.45, 7) is -1.28. The Morgan fingerprint density at radius 2 is 1.98 bits per heavy atom. The van der Waals surface area contributed by atoms with E-state index in [1.165, 1.54) is 34.4 Å². The Morgan fingerprint density at radius 1 is 1.20 bits per heavy atom. The number of rotatable bonds is 9. The second kappa shape index (κ2) is 11.3. The fourth-order valence-corrected chi connectivity index (χ4v) is 5.67. The number of hydrogen-bond acceptors (Lipinski definition) is 7. The van der Waals surface area contributed by atoms with Crippen molar-refractivity contribution in [2.24, 2.45) is 0 Å². The Bertz CT molecular complexity index is 1520. The third kappa shape index (κ3) is 6.04. The smallest absolute Gasteiger partial charge is 0.294 e. The van der Waals surface area contributed by atoms with Gasteiger partial charge in [-0.25, -0.2) is 18.4 Å². The minimum atomic E-state index is -2.03. The van der Waals surface area contributed by atoms with Crippen LogP contribution in [-0.2, 0) is 21.7 Å². The molecule has 1 aliphatic heterocycles. The van der Waals surface area contributed by atoms with Gasteiger partial charge >= 0.3 is 0 Å². The standard InChI is InChI=1S/C26H21Cl2F2N5O4S/c27-16-2-1-15(20(28)8-16)7-22-24(37)34(25(38)40-22)10-23(36)35(18-4-5-18)12-26(39,11-33-14-31-13-32-33)19-6-3-17(29)9-21(19)30/h1-3,6-9,13-14,18,39H,4-5,10-12H2. The molecule has 3 amide bonds. The monoisotopic (exact) mass is 607 g/mol. The summed E-state index contributed by atoms with van der Waals surface area (Å²) in [5.74, 6) is -3.11. The number of thioether (sulfide) groups is 1. The molecule has 2 heterocycles. The highest BCUT2D eigenvalue weighted by Crippen LogP contribution is 2.36. The average molecular weight is 608 g/mol. The van der Waals surface area contributed by atoms with E-state index in [-0.39, 0.29) is 28.1 Å². The van der Waals surface area contributed by atoms with E-state index in [0.29, 0.717) is 41.3 Å². The molecule has 1 aromatic heterocycles. The number of aromatic nitrogens is 3. The Hall–Kier alpha value is -3.32. The number of imide groups is 1. The van der Waals surface area contributed by atoms with Gasteiger partial charge in [-0.15, -0.1) is 0 Å². The lowest BCUT2D eigenvalue weighted by atomic mass is 9.92. The summed E-state index contributed by atoms with van der Waals surface area (Å²) < 4.78 is 29.8. The van der Waals surface area contributed by atoms with Crippen molar-refractivity contribution in [3.63, 3.8) is 0 Å². The second-order valence-electron chi connectivity index (χ2n) is 9.44. The molecular weight excluding hydrogens is 587 g/mol. The molecule has 2 aromatic carbocycles. The summed E-state index contributed by atoms with van der Waals surface area (Å²) in [5, 5.41) is 15.7. The van der Waals surface area contributed by atoms with Crippen molar-refractivity contribution in [1.29, 1.82) is 0 Å². The molecule has 0 radical (unpaired) electrons. The first-order valence-corrected chi connectivity index (χ1v) is 13.6. The predicted molar refractivity (Wildman–Crippen MR) is 144 cm³/mol. The van der Waals surface area contributed by atoms with Crippen LogP contribution in [0.1, 0.15) is 24.0 Å². The van der Waals surface area contributed by atoms with Gasteiger partial charge in [-0.2, -0.15) is 5.10 Å². The van der Waals surface area contributed by atoms with Crippen molar-refractivity contribution in [2.75, 3.05) is 13.1 Å². The lowest BCUT2D eigenvalue weighted by Gasteiger charge is -2.35. The van der Waals surface area contributed by atoms with Gasteiger partial charge in [0.25, 0.3) is 11.1 Å². The number of carbonyl (C=O) groups excluding carboxylic acids is 3. The SMILES string of the molecule is O=C1SC(=Cc2ccc(Cl)cc2Cl)C(=O)N1CC(=O)N(CC(O)(Cn1cncn1)c1ccc(F)cc1F)C1CC1. The van der Waals surface area contributed by atoms with Crippen molar-refractivity contribution in [3.05, 3.63) is 86.8 Å². The first-order valence-electron chi connectivity index (χ1n) is 12.0. The number of carbonyl (C=O) groups is 3. The molecule has 5 rings (SSSR count). The van der Waals surface area contributed by atoms with Crippen LogP contribution in [0.5, 0.6) is 0 Å². The van der Waals surface area contributed by atoms with Gasteiger partial charge < -0.3 is 10.0 Å². The zero-order valence-electron chi connectivity index (χ0n) is 20.6. The highest BCUT2D eigenvalue weighted by atomic mass is 35.5. The first-order chi connectivity index (χ1) is 19.0. The maximum Gasteiger partial charge on any atom is 0.294 e. The first kappa shape index (κ1) is 28.2. The largest absolute Gasteiger partial charge is 0.381 e. The molecule has 1 aliphatic carbocycles. The normalized spacial score (nSPS) is 17.9. The molecule has 1 N–H and O–H groups in total. The molecule has 208 valence electrons. The highest BCUT2D eigenvalue weighted by Gasteiger charge is 2.44. The number of halogens is 4. The van der Waals surface area contributed by atoms with E-state index in [2.05, 4.69) is 10.1 Å². The molecule has 1 atom stereocenters. The highest BCUT2D eigenvalue weighted by molar-refractivity contribution is 8.18. The topological polar surface area (TPSA) is 109 Å². The number of amides is 3. The molecule has 1 saturated carbocycles. The zero-order chi connectivity index (χ0) is 28.6. The van der Waals surface area contributed by atoms with Gasteiger partial charge in [0.05, 0.1) is 18.0 Å². The van der Waals surface area contributed by atoms with Crippen molar-refractivity contribution in [2.45, 2.75) is 31.0 Å². The summed E-state index contributed by atoms with van der Waals surface area (Å²) >= 11 is 12.8. The van der Waals surface area contributed by atoms with E-state index in [0.717, 1.165) is 17.0 Å². The summed E-state index contributed by atoms with van der Waals surface area (Å²) in [4.78, 5) is 45.3.